The van der Waals surface area contributed by atoms with Crippen molar-refractivity contribution in [1.82, 2.24) is 14.2 Å². The fraction of sp³-hybridized carbons (Fsp3) is 0.389. The molecule has 8 heteroatoms. The van der Waals surface area contributed by atoms with Gasteiger partial charge >= 0.3 is 0 Å². The molecule has 0 N–H and O–H groups in total. The van der Waals surface area contributed by atoms with Crippen molar-refractivity contribution >= 4 is 21.6 Å². The molecule has 26 heavy (non-hydrogen) atoms. The number of rotatable bonds is 6. The van der Waals surface area contributed by atoms with E-state index in [1.165, 1.54) is 0 Å². The summed E-state index contributed by atoms with van der Waals surface area (Å²) in [7, 11) is -3.47. The van der Waals surface area contributed by atoms with Gasteiger partial charge in [0.1, 0.15) is 10.9 Å². The Labute approximate surface area is 159 Å². The summed E-state index contributed by atoms with van der Waals surface area (Å²) in [4.78, 5) is 6.60. The Hall–Kier alpha value is -1.67. The van der Waals surface area contributed by atoms with Gasteiger partial charge in [-0.3, -0.25) is 4.90 Å². The Bertz CT molecular complexity index is 818. The summed E-state index contributed by atoms with van der Waals surface area (Å²) >= 11 is 5.80. The van der Waals surface area contributed by atoms with Crippen LogP contribution in [0.15, 0.2) is 47.5 Å². The molecule has 0 aliphatic carbocycles. The molecule has 0 bridgehead atoms. The number of piperazine rings is 1. The van der Waals surface area contributed by atoms with E-state index in [1.54, 1.807) is 40.8 Å². The molecule has 1 aromatic carbocycles. The fourth-order valence-corrected chi connectivity index (χ4v) is 4.44. The number of hydrogen-bond donors (Lipinski definition) is 0. The zero-order chi connectivity index (χ0) is 18.6. The molecule has 0 atom stereocenters. The van der Waals surface area contributed by atoms with Crippen LogP contribution in [0.1, 0.15) is 12.5 Å². The third kappa shape index (κ3) is 4.54. The smallest absolute Gasteiger partial charge is 0.243 e. The van der Waals surface area contributed by atoms with Crippen LogP contribution in [0.3, 0.4) is 0 Å². The Morgan fingerprint density at radius 1 is 1.08 bits per heavy atom. The van der Waals surface area contributed by atoms with E-state index in [0.717, 1.165) is 12.1 Å². The Morgan fingerprint density at radius 2 is 1.77 bits per heavy atom. The maximum absolute atomic E-state index is 12.8. The average molecular weight is 396 g/mol. The zero-order valence-electron chi connectivity index (χ0n) is 14.6. The van der Waals surface area contributed by atoms with Gasteiger partial charge in [0.05, 0.1) is 11.5 Å². The van der Waals surface area contributed by atoms with Gasteiger partial charge in [-0.25, -0.2) is 13.4 Å². The summed E-state index contributed by atoms with van der Waals surface area (Å²) in [6, 6.07) is 10.3. The summed E-state index contributed by atoms with van der Waals surface area (Å²) in [5.41, 5.74) is 1.07. The third-order valence-corrected chi connectivity index (χ3v) is 6.44. The minimum absolute atomic E-state index is 0.302. The SMILES string of the molecule is CCOc1ccc(S(=O)(=O)N2CCN(Cc3ccc(Cl)nc3)CC2)cc1. The molecule has 0 spiro atoms. The maximum Gasteiger partial charge on any atom is 0.243 e. The van der Waals surface area contributed by atoms with E-state index < -0.39 is 10.0 Å². The first-order valence-electron chi connectivity index (χ1n) is 8.55. The van der Waals surface area contributed by atoms with Crippen molar-refractivity contribution in [3.8, 4) is 5.75 Å². The lowest BCUT2D eigenvalue weighted by atomic mass is 10.2. The van der Waals surface area contributed by atoms with Crippen LogP contribution in [-0.4, -0.2) is 55.4 Å². The lowest BCUT2D eigenvalue weighted by Crippen LogP contribution is -2.48. The number of nitrogens with zero attached hydrogens (tertiary/aromatic N) is 3. The monoisotopic (exact) mass is 395 g/mol. The van der Waals surface area contributed by atoms with Crippen LogP contribution in [0.5, 0.6) is 5.75 Å². The van der Waals surface area contributed by atoms with Crippen molar-refractivity contribution in [3.05, 3.63) is 53.3 Å². The standard InChI is InChI=1S/C18H22ClN3O3S/c1-2-25-16-4-6-17(7-5-16)26(23,24)22-11-9-21(10-12-22)14-15-3-8-18(19)20-13-15/h3-8,13H,2,9-12,14H2,1H3. The van der Waals surface area contributed by atoms with E-state index in [9.17, 15) is 8.42 Å². The highest BCUT2D eigenvalue weighted by Crippen LogP contribution is 2.21. The summed E-state index contributed by atoms with van der Waals surface area (Å²) < 4.78 is 32.5. The highest BCUT2D eigenvalue weighted by atomic mass is 35.5. The Morgan fingerprint density at radius 3 is 2.35 bits per heavy atom. The second-order valence-corrected chi connectivity index (χ2v) is 8.40. The van der Waals surface area contributed by atoms with E-state index in [-0.39, 0.29) is 0 Å². The van der Waals surface area contributed by atoms with Crippen LogP contribution in [0.2, 0.25) is 5.15 Å². The second-order valence-electron chi connectivity index (χ2n) is 6.07. The summed E-state index contributed by atoms with van der Waals surface area (Å²) in [5, 5.41) is 0.472. The van der Waals surface area contributed by atoms with Crippen LogP contribution in [0.4, 0.5) is 0 Å². The van der Waals surface area contributed by atoms with E-state index in [2.05, 4.69) is 9.88 Å². The number of sulfonamides is 1. The van der Waals surface area contributed by atoms with Gasteiger partial charge in [-0.15, -0.1) is 0 Å². The molecular weight excluding hydrogens is 374 g/mol. The molecule has 1 aliphatic rings. The molecule has 6 nitrogen and oxygen atoms in total. The van der Waals surface area contributed by atoms with Crippen molar-refractivity contribution in [1.29, 1.82) is 0 Å². The minimum Gasteiger partial charge on any atom is -0.494 e. The van der Waals surface area contributed by atoms with Gasteiger partial charge in [-0.2, -0.15) is 4.31 Å². The van der Waals surface area contributed by atoms with Crippen LogP contribution in [-0.2, 0) is 16.6 Å². The van der Waals surface area contributed by atoms with Gasteiger partial charge in [-0.1, -0.05) is 17.7 Å². The topological polar surface area (TPSA) is 62.7 Å². The molecule has 1 aliphatic heterocycles. The molecule has 1 saturated heterocycles. The number of hydrogen-bond acceptors (Lipinski definition) is 5. The van der Waals surface area contributed by atoms with Gasteiger partial charge < -0.3 is 4.74 Å². The molecule has 0 saturated carbocycles. The minimum atomic E-state index is -3.47. The second kappa shape index (κ2) is 8.35. The zero-order valence-corrected chi connectivity index (χ0v) is 16.2. The number of ether oxygens (including phenoxy) is 1. The van der Waals surface area contributed by atoms with Crippen molar-refractivity contribution in [2.75, 3.05) is 32.8 Å². The first-order chi connectivity index (χ1) is 12.5. The van der Waals surface area contributed by atoms with Crippen LogP contribution in [0, 0.1) is 0 Å². The average Bonchev–Trinajstić information content (AvgIpc) is 2.65. The van der Waals surface area contributed by atoms with Crippen molar-refractivity contribution in [3.63, 3.8) is 0 Å². The Kier molecular flexibility index (Phi) is 6.13. The molecule has 1 aromatic heterocycles. The quantitative estimate of drug-likeness (QED) is 0.703. The van der Waals surface area contributed by atoms with Gasteiger partial charge in [0, 0.05) is 38.9 Å². The largest absolute Gasteiger partial charge is 0.494 e. The lowest BCUT2D eigenvalue weighted by Gasteiger charge is -2.34. The van der Waals surface area contributed by atoms with Crippen molar-refractivity contribution in [2.24, 2.45) is 0 Å². The Balaban J connectivity index is 1.60. The maximum atomic E-state index is 12.8. The van der Waals surface area contributed by atoms with Gasteiger partial charge in [0.15, 0.2) is 0 Å². The molecule has 0 radical (unpaired) electrons. The van der Waals surface area contributed by atoms with E-state index in [4.69, 9.17) is 16.3 Å². The number of halogens is 1. The van der Waals surface area contributed by atoms with Crippen LogP contribution in [0.25, 0.3) is 0 Å². The molecule has 0 unspecified atom stereocenters. The number of aromatic nitrogens is 1. The van der Waals surface area contributed by atoms with Crippen LogP contribution >= 0.6 is 11.6 Å². The lowest BCUT2D eigenvalue weighted by molar-refractivity contribution is 0.181. The van der Waals surface area contributed by atoms with E-state index >= 15 is 0 Å². The van der Waals surface area contributed by atoms with Gasteiger partial charge in [-0.05, 0) is 42.8 Å². The molecule has 3 rings (SSSR count). The van der Waals surface area contributed by atoms with Crippen LogP contribution < -0.4 is 4.74 Å². The predicted molar refractivity (Wildman–Crippen MR) is 101 cm³/mol. The van der Waals surface area contributed by atoms with Crippen molar-refractivity contribution in [2.45, 2.75) is 18.4 Å². The normalized spacial score (nSPS) is 16.5. The third-order valence-electron chi connectivity index (χ3n) is 4.30. The van der Waals surface area contributed by atoms with E-state index in [1.807, 2.05) is 13.0 Å². The highest BCUT2D eigenvalue weighted by Gasteiger charge is 2.28. The summed E-state index contributed by atoms with van der Waals surface area (Å²) in [6.07, 6.45) is 1.76. The first-order valence-corrected chi connectivity index (χ1v) is 10.4. The molecule has 140 valence electrons. The number of pyridine rings is 1. The highest BCUT2D eigenvalue weighted by molar-refractivity contribution is 7.89. The number of benzene rings is 1. The van der Waals surface area contributed by atoms with Gasteiger partial charge in [0.2, 0.25) is 10.0 Å². The van der Waals surface area contributed by atoms with Crippen molar-refractivity contribution < 1.29 is 13.2 Å². The first kappa shape index (κ1) is 19.1. The molecule has 2 aromatic rings. The molecular formula is C18H22ClN3O3S. The summed E-state index contributed by atoms with van der Waals surface area (Å²) in [5.74, 6) is 0.674. The van der Waals surface area contributed by atoms with Gasteiger partial charge in [0.25, 0.3) is 0 Å². The molecule has 2 heterocycles. The fourth-order valence-electron chi connectivity index (χ4n) is 2.91. The van der Waals surface area contributed by atoms with E-state index in [0.29, 0.717) is 48.6 Å². The predicted octanol–water partition coefficient (Wildman–Crippen LogP) is 2.64. The molecule has 1 fully saturated rings. The summed E-state index contributed by atoms with van der Waals surface area (Å²) in [6.45, 7) is 5.48. The molecule has 0 amide bonds.